The highest BCUT2D eigenvalue weighted by molar-refractivity contribution is 7.15. The second kappa shape index (κ2) is 6.56. The highest BCUT2D eigenvalue weighted by Crippen LogP contribution is 2.40. The van der Waals surface area contributed by atoms with Gasteiger partial charge in [0, 0.05) is 33.2 Å². The molecule has 3 aromatic heterocycles. The number of hydrogen-bond donors (Lipinski definition) is 2. The number of nitrogens with two attached hydrogens (primary N) is 1. The number of H-pyrrole nitrogens is 1. The van der Waals surface area contributed by atoms with E-state index < -0.39 is 0 Å². The molecule has 132 valence electrons. The average molecular weight is 365 g/mol. The van der Waals surface area contributed by atoms with Crippen molar-refractivity contribution in [3.63, 3.8) is 0 Å². The topological polar surface area (TPSA) is 101 Å². The molecule has 0 radical (unpaired) electrons. The molecule has 3 aromatic rings. The molecule has 4 rings (SSSR count). The third-order valence-corrected chi connectivity index (χ3v) is 5.89. The third-order valence-electron chi connectivity index (χ3n) is 4.68. The standard InChI is InChI=1S/C19H19N5OS/c1-10-18(11(2)24-23-10)14-8-12(13(9-20)19(21)22-14)16-5-6-17(26-16)15-4-3-7-25-15/h5-6,8,15H,3-4,7H2,1-2H3,(H2,21,22)(H,23,24). The molecule has 3 N–H and O–H groups in total. The predicted molar refractivity (Wildman–Crippen MR) is 102 cm³/mol. The van der Waals surface area contributed by atoms with E-state index in [2.05, 4.69) is 27.3 Å². The smallest absolute Gasteiger partial charge is 0.142 e. The number of nitrogens with zero attached hydrogens (tertiary/aromatic N) is 3. The fourth-order valence-electron chi connectivity index (χ4n) is 3.41. The van der Waals surface area contributed by atoms with Gasteiger partial charge >= 0.3 is 0 Å². The first-order valence-electron chi connectivity index (χ1n) is 8.52. The summed E-state index contributed by atoms with van der Waals surface area (Å²) in [6.45, 7) is 4.69. The van der Waals surface area contributed by atoms with Crippen LogP contribution in [0.3, 0.4) is 0 Å². The third kappa shape index (κ3) is 2.77. The molecule has 1 atom stereocenters. The van der Waals surface area contributed by atoms with Gasteiger partial charge in [0.25, 0.3) is 0 Å². The van der Waals surface area contributed by atoms with Gasteiger partial charge in [-0.15, -0.1) is 11.3 Å². The summed E-state index contributed by atoms with van der Waals surface area (Å²) in [6.07, 6.45) is 2.30. The van der Waals surface area contributed by atoms with E-state index in [0.717, 1.165) is 52.5 Å². The van der Waals surface area contributed by atoms with Crippen molar-refractivity contribution in [2.75, 3.05) is 12.3 Å². The Bertz CT molecular complexity index is 988. The van der Waals surface area contributed by atoms with Crippen molar-refractivity contribution in [2.24, 2.45) is 0 Å². The van der Waals surface area contributed by atoms with E-state index in [1.807, 2.05) is 26.0 Å². The lowest BCUT2D eigenvalue weighted by Crippen LogP contribution is -2.00. The van der Waals surface area contributed by atoms with Crippen LogP contribution in [0.1, 0.15) is 40.8 Å². The van der Waals surface area contributed by atoms with Crippen LogP contribution >= 0.6 is 11.3 Å². The van der Waals surface area contributed by atoms with Gasteiger partial charge in [0.1, 0.15) is 17.5 Å². The number of aromatic amines is 1. The lowest BCUT2D eigenvalue weighted by Gasteiger charge is -2.09. The molecule has 4 heterocycles. The Morgan fingerprint density at radius 3 is 2.88 bits per heavy atom. The zero-order chi connectivity index (χ0) is 18.3. The summed E-state index contributed by atoms with van der Waals surface area (Å²) in [6, 6.07) is 8.27. The van der Waals surface area contributed by atoms with E-state index >= 15 is 0 Å². The molecule has 0 saturated carbocycles. The Labute approximate surface area is 155 Å². The summed E-state index contributed by atoms with van der Waals surface area (Å²) in [5.74, 6) is 0.243. The SMILES string of the molecule is Cc1n[nH]c(C)c1-c1cc(-c2ccc(C3CCCO3)s2)c(C#N)c(N)n1. The van der Waals surface area contributed by atoms with E-state index in [9.17, 15) is 5.26 Å². The highest BCUT2D eigenvalue weighted by Gasteiger charge is 2.22. The van der Waals surface area contributed by atoms with E-state index in [0.29, 0.717) is 5.56 Å². The van der Waals surface area contributed by atoms with Gasteiger partial charge in [0.15, 0.2) is 0 Å². The van der Waals surface area contributed by atoms with Crippen LogP contribution in [-0.4, -0.2) is 21.8 Å². The summed E-state index contributed by atoms with van der Waals surface area (Å²) >= 11 is 1.65. The summed E-state index contributed by atoms with van der Waals surface area (Å²) in [5.41, 5.74) is 10.8. The number of aromatic nitrogens is 3. The number of aryl methyl sites for hydroxylation is 2. The van der Waals surface area contributed by atoms with Gasteiger partial charge in [-0.25, -0.2) is 4.98 Å². The lowest BCUT2D eigenvalue weighted by atomic mass is 10.0. The van der Waals surface area contributed by atoms with Crippen molar-refractivity contribution in [2.45, 2.75) is 32.8 Å². The van der Waals surface area contributed by atoms with Crippen LogP contribution in [0.4, 0.5) is 5.82 Å². The van der Waals surface area contributed by atoms with Gasteiger partial charge < -0.3 is 10.5 Å². The fraction of sp³-hybridized carbons (Fsp3) is 0.316. The summed E-state index contributed by atoms with van der Waals surface area (Å²) in [7, 11) is 0. The predicted octanol–water partition coefficient (Wildman–Crippen LogP) is 4.12. The maximum Gasteiger partial charge on any atom is 0.142 e. The Hall–Kier alpha value is -2.69. The molecular formula is C19H19N5OS. The first kappa shape index (κ1) is 16.8. The number of nitrogen functional groups attached to an aromatic ring is 1. The summed E-state index contributed by atoms with van der Waals surface area (Å²) < 4.78 is 5.78. The van der Waals surface area contributed by atoms with E-state index in [1.165, 1.54) is 4.88 Å². The van der Waals surface area contributed by atoms with Crippen molar-refractivity contribution in [1.29, 1.82) is 5.26 Å². The van der Waals surface area contributed by atoms with Crippen molar-refractivity contribution in [1.82, 2.24) is 15.2 Å². The molecule has 0 spiro atoms. The minimum absolute atomic E-state index is 0.163. The van der Waals surface area contributed by atoms with Gasteiger partial charge in [-0.3, -0.25) is 5.10 Å². The normalized spacial score (nSPS) is 16.7. The number of thiophene rings is 1. The molecule has 0 amide bonds. The second-order valence-electron chi connectivity index (χ2n) is 6.44. The Balaban J connectivity index is 1.84. The number of anilines is 1. The number of hydrogen-bond acceptors (Lipinski definition) is 6. The van der Waals surface area contributed by atoms with Gasteiger partial charge in [-0.05, 0) is 44.9 Å². The number of nitriles is 1. The Morgan fingerprint density at radius 2 is 2.23 bits per heavy atom. The number of nitrogens with one attached hydrogen (secondary N) is 1. The quantitative estimate of drug-likeness (QED) is 0.727. The number of ether oxygens (including phenoxy) is 1. The zero-order valence-corrected chi connectivity index (χ0v) is 15.5. The molecule has 1 unspecified atom stereocenters. The van der Waals surface area contributed by atoms with Crippen LogP contribution in [0.5, 0.6) is 0 Å². The van der Waals surface area contributed by atoms with Crippen molar-refractivity contribution >= 4 is 17.2 Å². The van der Waals surface area contributed by atoms with Crippen LogP contribution < -0.4 is 5.73 Å². The largest absolute Gasteiger partial charge is 0.383 e. The molecular weight excluding hydrogens is 346 g/mol. The maximum absolute atomic E-state index is 9.60. The first-order chi connectivity index (χ1) is 12.6. The first-order valence-corrected chi connectivity index (χ1v) is 9.34. The molecule has 1 fully saturated rings. The molecule has 0 aromatic carbocycles. The molecule has 1 aliphatic heterocycles. The van der Waals surface area contributed by atoms with E-state index in [-0.39, 0.29) is 11.9 Å². The number of pyridine rings is 1. The second-order valence-corrected chi connectivity index (χ2v) is 7.56. The Kier molecular flexibility index (Phi) is 4.23. The molecule has 1 saturated heterocycles. The van der Waals surface area contributed by atoms with Crippen LogP contribution in [0.15, 0.2) is 18.2 Å². The minimum atomic E-state index is 0.163. The molecule has 0 aliphatic carbocycles. The maximum atomic E-state index is 9.60. The fourth-order valence-corrected chi connectivity index (χ4v) is 4.52. The lowest BCUT2D eigenvalue weighted by molar-refractivity contribution is 0.114. The van der Waals surface area contributed by atoms with Gasteiger partial charge in [-0.1, -0.05) is 0 Å². The van der Waals surface area contributed by atoms with Gasteiger partial charge in [0.2, 0.25) is 0 Å². The highest BCUT2D eigenvalue weighted by atomic mass is 32.1. The van der Waals surface area contributed by atoms with Gasteiger partial charge in [-0.2, -0.15) is 10.4 Å². The summed E-state index contributed by atoms with van der Waals surface area (Å²) in [4.78, 5) is 6.64. The minimum Gasteiger partial charge on any atom is -0.383 e. The molecule has 0 bridgehead atoms. The Morgan fingerprint density at radius 1 is 1.38 bits per heavy atom. The van der Waals surface area contributed by atoms with Crippen LogP contribution in [-0.2, 0) is 4.74 Å². The molecule has 6 nitrogen and oxygen atoms in total. The average Bonchev–Trinajstić information content (AvgIpc) is 3.35. The van der Waals surface area contributed by atoms with Crippen LogP contribution in [0.2, 0.25) is 0 Å². The summed E-state index contributed by atoms with van der Waals surface area (Å²) in [5, 5.41) is 16.8. The number of rotatable bonds is 3. The van der Waals surface area contributed by atoms with Crippen LogP contribution in [0.25, 0.3) is 21.7 Å². The zero-order valence-electron chi connectivity index (χ0n) is 14.7. The van der Waals surface area contributed by atoms with Crippen molar-refractivity contribution < 1.29 is 4.74 Å². The van der Waals surface area contributed by atoms with Crippen molar-refractivity contribution in [3.8, 4) is 27.8 Å². The molecule has 26 heavy (non-hydrogen) atoms. The molecule has 1 aliphatic rings. The van der Waals surface area contributed by atoms with E-state index in [1.54, 1.807) is 11.3 Å². The van der Waals surface area contributed by atoms with E-state index in [4.69, 9.17) is 10.5 Å². The monoisotopic (exact) mass is 365 g/mol. The van der Waals surface area contributed by atoms with Gasteiger partial charge in [0.05, 0.1) is 17.5 Å². The van der Waals surface area contributed by atoms with Crippen LogP contribution in [0, 0.1) is 25.2 Å². The molecule has 7 heteroatoms. The van der Waals surface area contributed by atoms with Crippen molar-refractivity contribution in [3.05, 3.63) is 40.0 Å².